The summed E-state index contributed by atoms with van der Waals surface area (Å²) in [7, 11) is 1.46. The summed E-state index contributed by atoms with van der Waals surface area (Å²) in [5, 5.41) is 44.6. The summed E-state index contributed by atoms with van der Waals surface area (Å²) in [4.78, 5) is 24.6. The lowest BCUT2D eigenvalue weighted by Gasteiger charge is -2.44. The molecule has 0 spiro atoms. The van der Waals surface area contributed by atoms with Crippen molar-refractivity contribution in [2.24, 2.45) is 11.2 Å². The minimum Gasteiger partial charge on any atom is -0.387 e. The molecule has 1 rings (SSSR count). The number of alkyl halides is 1. The zero-order chi connectivity index (χ0) is 22.8. The minimum atomic E-state index is -1.80. The van der Waals surface area contributed by atoms with Gasteiger partial charge in [-0.05, 0) is 12.3 Å². The second-order valence-corrected chi connectivity index (χ2v) is 7.68. The molecule has 13 heteroatoms. The summed E-state index contributed by atoms with van der Waals surface area (Å²) in [6.07, 6.45) is -9.39. The van der Waals surface area contributed by atoms with Crippen LogP contribution in [0.4, 0.5) is 4.79 Å². The fraction of sp³-hybridized carbons (Fsp3) is 0.941. The van der Waals surface area contributed by atoms with Crippen LogP contribution >= 0.6 is 11.6 Å². The number of hydrogen-bond donors (Lipinski definition) is 4. The lowest BCUT2D eigenvalue weighted by Crippen LogP contribution is -2.65. The smallest absolute Gasteiger partial charge is 0.345 e. The summed E-state index contributed by atoms with van der Waals surface area (Å²) < 4.78 is 15.9. The van der Waals surface area contributed by atoms with E-state index in [1.807, 2.05) is 13.8 Å². The quantitative estimate of drug-likeness (QED) is 0.0991. The Morgan fingerprint density at radius 1 is 1.20 bits per heavy atom. The zero-order valence-corrected chi connectivity index (χ0v) is 18.1. The molecule has 0 bridgehead atoms. The van der Waals surface area contributed by atoms with Gasteiger partial charge in [0.15, 0.2) is 12.5 Å². The Labute approximate surface area is 180 Å². The van der Waals surface area contributed by atoms with Crippen molar-refractivity contribution in [2.45, 2.75) is 57.2 Å². The van der Waals surface area contributed by atoms with Crippen molar-refractivity contribution < 1.29 is 39.4 Å². The maximum Gasteiger partial charge on any atom is 0.345 e. The van der Waals surface area contributed by atoms with Crippen molar-refractivity contribution in [1.82, 2.24) is 9.91 Å². The van der Waals surface area contributed by atoms with Crippen LogP contribution in [0.5, 0.6) is 0 Å². The summed E-state index contributed by atoms with van der Waals surface area (Å²) in [6, 6.07) is -0.967. The van der Waals surface area contributed by atoms with E-state index in [9.17, 15) is 30.1 Å². The van der Waals surface area contributed by atoms with Gasteiger partial charge in [-0.15, -0.1) is 16.5 Å². The molecule has 6 atom stereocenters. The summed E-state index contributed by atoms with van der Waals surface area (Å²) in [5.41, 5.74) is 0. The fourth-order valence-electron chi connectivity index (χ4n) is 2.84. The van der Waals surface area contributed by atoms with Crippen molar-refractivity contribution in [3.63, 3.8) is 0 Å². The highest BCUT2D eigenvalue weighted by Gasteiger charge is 2.49. The van der Waals surface area contributed by atoms with Crippen LogP contribution in [0.2, 0.25) is 0 Å². The first-order valence-electron chi connectivity index (χ1n) is 9.65. The SMILES string of the molecule is COCCCN(C(=O)N(CCCl)N=O)C(O)[C@H]1O[C@@H](OCC(C)C)[C@@H](O)[C@@H](O)[C@H]1O. The van der Waals surface area contributed by atoms with Gasteiger partial charge in [0.2, 0.25) is 0 Å². The Morgan fingerprint density at radius 2 is 1.87 bits per heavy atom. The molecule has 4 N–H and O–H groups in total. The molecular formula is C17H32ClN3O9. The molecule has 176 valence electrons. The van der Waals surface area contributed by atoms with Crippen LogP contribution in [-0.4, -0.2) is 113 Å². The topological polar surface area (TPSA) is 162 Å². The highest BCUT2D eigenvalue weighted by atomic mass is 35.5. The largest absolute Gasteiger partial charge is 0.387 e. The molecule has 30 heavy (non-hydrogen) atoms. The number of nitroso groups, excluding NO2 is 1. The summed E-state index contributed by atoms with van der Waals surface area (Å²) in [6.45, 7) is 3.87. The molecule has 12 nitrogen and oxygen atoms in total. The van der Waals surface area contributed by atoms with Gasteiger partial charge in [-0.1, -0.05) is 13.8 Å². The summed E-state index contributed by atoms with van der Waals surface area (Å²) >= 11 is 5.58. The van der Waals surface area contributed by atoms with Crippen LogP contribution in [0, 0.1) is 10.8 Å². The number of urea groups is 1. The molecule has 1 fully saturated rings. The number of amides is 2. The van der Waals surface area contributed by atoms with Crippen LogP contribution in [-0.2, 0) is 14.2 Å². The third-order valence-corrected chi connectivity index (χ3v) is 4.59. The van der Waals surface area contributed by atoms with Crippen LogP contribution in [0.25, 0.3) is 0 Å². The van der Waals surface area contributed by atoms with E-state index in [1.165, 1.54) is 7.11 Å². The average molecular weight is 458 g/mol. The van der Waals surface area contributed by atoms with Crippen molar-refractivity contribution >= 4 is 17.6 Å². The van der Waals surface area contributed by atoms with Gasteiger partial charge in [0.1, 0.15) is 24.4 Å². The molecule has 0 aromatic rings. The second-order valence-electron chi connectivity index (χ2n) is 7.30. The van der Waals surface area contributed by atoms with Crippen LogP contribution in [0.3, 0.4) is 0 Å². The molecule has 0 aliphatic carbocycles. The van der Waals surface area contributed by atoms with Gasteiger partial charge in [0.25, 0.3) is 0 Å². The standard InChI is InChI=1S/C17H32ClN3O9/c1-10(2)9-29-16-13(24)11(22)12(23)14(30-16)15(25)20(6-4-8-28-3)17(26)21(19-27)7-5-18/h10-16,22-25H,4-9H2,1-3H3/t11-,12+,13-,14-,15?,16+/m0/s1. The molecule has 1 heterocycles. The van der Waals surface area contributed by atoms with E-state index in [0.29, 0.717) is 5.01 Å². The Bertz CT molecular complexity index is 531. The first-order valence-corrected chi connectivity index (χ1v) is 10.2. The number of methoxy groups -OCH3 is 1. The first kappa shape index (κ1) is 26.9. The zero-order valence-electron chi connectivity index (χ0n) is 17.3. The van der Waals surface area contributed by atoms with Gasteiger partial charge in [-0.3, -0.25) is 4.90 Å². The average Bonchev–Trinajstić information content (AvgIpc) is 2.72. The van der Waals surface area contributed by atoms with Crippen LogP contribution < -0.4 is 0 Å². The number of ether oxygens (including phenoxy) is 3. The molecule has 0 aromatic heterocycles. The monoisotopic (exact) mass is 457 g/mol. The number of nitrogens with zero attached hydrogens (tertiary/aromatic N) is 3. The Kier molecular flexibility index (Phi) is 12.0. The number of rotatable bonds is 12. The van der Waals surface area contributed by atoms with Gasteiger partial charge in [0.05, 0.1) is 18.4 Å². The van der Waals surface area contributed by atoms with Crippen LogP contribution in [0.1, 0.15) is 20.3 Å². The number of carbonyl (C=O) groups is 1. The lowest BCUT2D eigenvalue weighted by atomic mass is 9.97. The Morgan fingerprint density at radius 3 is 2.40 bits per heavy atom. The second kappa shape index (κ2) is 13.3. The van der Waals surface area contributed by atoms with Gasteiger partial charge in [-0.2, -0.15) is 5.01 Å². The van der Waals surface area contributed by atoms with Crippen LogP contribution in [0.15, 0.2) is 5.29 Å². The third kappa shape index (κ3) is 7.24. The summed E-state index contributed by atoms with van der Waals surface area (Å²) in [5.74, 6) is 0.0148. The number of halogens is 1. The van der Waals surface area contributed by atoms with Crippen molar-refractivity contribution in [2.75, 3.05) is 39.3 Å². The van der Waals surface area contributed by atoms with Gasteiger partial charge < -0.3 is 34.6 Å². The van der Waals surface area contributed by atoms with Gasteiger partial charge >= 0.3 is 6.03 Å². The number of aliphatic hydroxyl groups excluding tert-OH is 4. The predicted octanol–water partition coefficient (Wildman–Crippen LogP) is -0.534. The van der Waals surface area contributed by atoms with E-state index in [4.69, 9.17) is 25.8 Å². The highest BCUT2D eigenvalue weighted by Crippen LogP contribution is 2.26. The molecule has 1 unspecified atom stereocenters. The fourth-order valence-corrected chi connectivity index (χ4v) is 3.00. The Balaban J connectivity index is 3.06. The van der Waals surface area contributed by atoms with E-state index >= 15 is 0 Å². The highest BCUT2D eigenvalue weighted by molar-refractivity contribution is 6.18. The minimum absolute atomic E-state index is 0.0714. The number of carbonyl (C=O) groups excluding carboxylic acids is 1. The van der Waals surface area contributed by atoms with E-state index in [0.717, 1.165) is 4.90 Å². The van der Waals surface area contributed by atoms with Gasteiger partial charge in [0, 0.05) is 26.1 Å². The van der Waals surface area contributed by atoms with E-state index in [2.05, 4.69) is 5.29 Å². The number of hydrogen-bond acceptors (Lipinski definition) is 10. The van der Waals surface area contributed by atoms with Gasteiger partial charge in [-0.25, -0.2) is 4.79 Å². The molecule has 1 saturated heterocycles. The predicted molar refractivity (Wildman–Crippen MR) is 105 cm³/mol. The number of aliphatic hydroxyl groups is 4. The molecule has 0 saturated carbocycles. The molecule has 1 aliphatic heterocycles. The molecular weight excluding hydrogens is 426 g/mol. The van der Waals surface area contributed by atoms with E-state index in [-0.39, 0.29) is 44.5 Å². The molecule has 0 radical (unpaired) electrons. The van der Waals surface area contributed by atoms with Crippen molar-refractivity contribution in [1.29, 1.82) is 0 Å². The Hall–Kier alpha value is -1.12. The lowest BCUT2D eigenvalue weighted by molar-refractivity contribution is -0.319. The normalized spacial score (nSPS) is 27.7. The molecule has 2 amide bonds. The maximum absolute atomic E-state index is 12.7. The third-order valence-electron chi connectivity index (χ3n) is 4.42. The maximum atomic E-state index is 12.7. The van der Waals surface area contributed by atoms with E-state index < -0.39 is 43.0 Å². The van der Waals surface area contributed by atoms with Crippen molar-refractivity contribution in [3.05, 3.63) is 4.91 Å². The molecule has 0 aromatic carbocycles. The molecule has 1 aliphatic rings. The van der Waals surface area contributed by atoms with E-state index in [1.54, 1.807) is 0 Å². The first-order chi connectivity index (χ1) is 14.2. The van der Waals surface area contributed by atoms with Crippen molar-refractivity contribution in [3.8, 4) is 0 Å².